The molecule has 1 fully saturated rings. The van der Waals surface area contributed by atoms with Gasteiger partial charge in [-0.3, -0.25) is 14.5 Å². The third-order valence-electron chi connectivity index (χ3n) is 7.41. The van der Waals surface area contributed by atoms with Crippen LogP contribution in [0.25, 0.3) is 11.3 Å². The van der Waals surface area contributed by atoms with Crippen LogP contribution in [-0.2, 0) is 55.5 Å². The zero-order valence-electron chi connectivity index (χ0n) is 24.5. The summed E-state index contributed by atoms with van der Waals surface area (Å²) in [5, 5.41) is 0.0121. The topological polar surface area (TPSA) is 149 Å². The van der Waals surface area contributed by atoms with Crippen LogP contribution in [0.4, 0.5) is 11.5 Å². The SMILES string of the molecule is COC(=O)[C@H]1O[C@@H](N2C(=S)OC(C)(C)c3cc(-c4ccc(N)n4C)ccc32)[C@H](CC(C)=O)[C@@H](OC(C)=O)[C@@H]1OC(C)=O. The van der Waals surface area contributed by atoms with E-state index >= 15 is 0 Å². The number of carbonyl (C=O) groups is 4. The average Bonchev–Trinajstić information content (AvgIpc) is 3.23. The van der Waals surface area contributed by atoms with Crippen LogP contribution in [0.2, 0.25) is 0 Å². The zero-order valence-corrected chi connectivity index (χ0v) is 25.4. The number of rotatable bonds is 7. The monoisotopic (exact) mass is 601 g/mol. The number of hydrogen-bond acceptors (Lipinski definition) is 11. The Kier molecular flexibility index (Phi) is 8.65. The van der Waals surface area contributed by atoms with Crippen LogP contribution in [0, 0.1) is 5.92 Å². The van der Waals surface area contributed by atoms with E-state index in [4.69, 9.17) is 41.6 Å². The van der Waals surface area contributed by atoms with E-state index in [1.807, 2.05) is 55.8 Å². The van der Waals surface area contributed by atoms with Crippen LogP contribution in [0.15, 0.2) is 30.3 Å². The Labute approximate surface area is 249 Å². The minimum absolute atomic E-state index is 0.0121. The van der Waals surface area contributed by atoms with Crippen molar-refractivity contribution < 1.29 is 42.9 Å². The lowest BCUT2D eigenvalue weighted by Crippen LogP contribution is -2.65. The summed E-state index contributed by atoms with van der Waals surface area (Å²) in [5.74, 6) is -2.92. The molecule has 2 aromatic rings. The predicted octanol–water partition coefficient (Wildman–Crippen LogP) is 2.99. The number of nitrogens with two attached hydrogens (primary N) is 1. The van der Waals surface area contributed by atoms with Crippen LogP contribution in [0.1, 0.15) is 46.6 Å². The standard InChI is InChI=1S/C29H35N3O9S/c1-14(33)12-18-23(38-15(2)34)24(39-16(3)35)25(27(36)37-7)40-26(18)32-21-9-8-17(20-10-11-22(30)31(20)6)13-19(21)29(4,5)41-28(32)42/h8-11,13,18,23-26H,12,30H2,1-7H3/t18-,23-,24+,25+,26-/m1/s1. The van der Waals surface area contributed by atoms with Crippen LogP contribution >= 0.6 is 12.2 Å². The van der Waals surface area contributed by atoms with E-state index in [1.165, 1.54) is 13.8 Å². The molecule has 0 saturated carbocycles. The number of carbonyl (C=O) groups excluding carboxylic acids is 4. The quantitative estimate of drug-likeness (QED) is 0.282. The van der Waals surface area contributed by atoms with Gasteiger partial charge in [0.1, 0.15) is 29.5 Å². The number of fused-ring (bicyclic) bond motifs is 1. The molecule has 5 atom stereocenters. The smallest absolute Gasteiger partial charge is 0.339 e. The fraction of sp³-hybridized carbons (Fsp3) is 0.483. The second-order valence-corrected chi connectivity index (χ2v) is 11.2. The van der Waals surface area contributed by atoms with E-state index < -0.39 is 54.0 Å². The van der Waals surface area contributed by atoms with Gasteiger partial charge in [0.2, 0.25) is 0 Å². The second-order valence-electron chi connectivity index (χ2n) is 10.9. The lowest BCUT2D eigenvalue weighted by atomic mass is 9.84. The Bertz CT molecular complexity index is 1440. The summed E-state index contributed by atoms with van der Waals surface area (Å²) >= 11 is 5.72. The van der Waals surface area contributed by atoms with Crippen LogP contribution in [0.5, 0.6) is 0 Å². The number of thiocarbonyl (C=S) groups is 1. The van der Waals surface area contributed by atoms with Gasteiger partial charge in [0.25, 0.3) is 5.17 Å². The molecule has 0 amide bonds. The highest BCUT2D eigenvalue weighted by molar-refractivity contribution is 7.80. The average molecular weight is 602 g/mol. The predicted molar refractivity (Wildman–Crippen MR) is 155 cm³/mol. The van der Waals surface area contributed by atoms with Crippen molar-refractivity contribution in [3.05, 3.63) is 35.9 Å². The molecule has 4 rings (SSSR count). The molecule has 2 aliphatic rings. The molecule has 13 heteroatoms. The fourth-order valence-corrected chi connectivity index (χ4v) is 5.96. The number of ketones is 1. The number of benzene rings is 1. The van der Waals surface area contributed by atoms with Crippen LogP contribution < -0.4 is 10.6 Å². The maximum Gasteiger partial charge on any atom is 0.339 e. The van der Waals surface area contributed by atoms with E-state index in [-0.39, 0.29) is 17.4 Å². The van der Waals surface area contributed by atoms with E-state index in [1.54, 1.807) is 4.90 Å². The Balaban J connectivity index is 1.90. The molecule has 1 aromatic heterocycles. The first-order valence-corrected chi connectivity index (χ1v) is 13.7. The Morgan fingerprint density at radius 1 is 1.02 bits per heavy atom. The molecule has 1 saturated heterocycles. The number of aromatic nitrogens is 1. The summed E-state index contributed by atoms with van der Waals surface area (Å²) in [6.45, 7) is 7.42. The van der Waals surface area contributed by atoms with Crippen molar-refractivity contribution in [3.8, 4) is 11.3 Å². The number of anilines is 2. The number of esters is 3. The number of Topliss-reactive ketones (excluding diaryl/α,β-unsaturated/α-hetero) is 1. The van der Waals surface area contributed by atoms with E-state index in [0.29, 0.717) is 11.5 Å². The van der Waals surface area contributed by atoms with Crippen molar-refractivity contribution >= 4 is 52.6 Å². The van der Waals surface area contributed by atoms with Crippen molar-refractivity contribution in [1.29, 1.82) is 0 Å². The van der Waals surface area contributed by atoms with Crippen molar-refractivity contribution in [1.82, 2.24) is 4.57 Å². The van der Waals surface area contributed by atoms with E-state index in [9.17, 15) is 19.2 Å². The lowest BCUT2D eigenvalue weighted by Gasteiger charge is -2.50. The zero-order chi connectivity index (χ0) is 31.1. The molecular weight excluding hydrogens is 566 g/mol. The highest BCUT2D eigenvalue weighted by Crippen LogP contribution is 2.45. The number of nitrogen functional groups attached to an aromatic ring is 1. The second kappa shape index (κ2) is 11.7. The van der Waals surface area contributed by atoms with Crippen LogP contribution in [-0.4, -0.2) is 65.1 Å². The van der Waals surface area contributed by atoms with Gasteiger partial charge in [-0.2, -0.15) is 0 Å². The molecule has 0 radical (unpaired) electrons. The molecule has 226 valence electrons. The van der Waals surface area contributed by atoms with E-state index in [0.717, 1.165) is 30.9 Å². The van der Waals surface area contributed by atoms with Gasteiger partial charge in [0.15, 0.2) is 12.2 Å². The van der Waals surface area contributed by atoms with Crippen molar-refractivity contribution in [2.75, 3.05) is 17.7 Å². The molecule has 0 spiro atoms. The molecule has 1 aromatic carbocycles. The molecule has 0 bridgehead atoms. The summed E-state index contributed by atoms with van der Waals surface area (Å²) in [4.78, 5) is 51.4. The summed E-state index contributed by atoms with van der Waals surface area (Å²) < 4.78 is 30.4. The molecule has 42 heavy (non-hydrogen) atoms. The first-order valence-electron chi connectivity index (χ1n) is 13.3. The normalized spacial score (nSPS) is 24.7. The van der Waals surface area contributed by atoms with Gasteiger partial charge in [0, 0.05) is 38.6 Å². The summed E-state index contributed by atoms with van der Waals surface area (Å²) in [5.41, 5.74) is 8.25. The van der Waals surface area contributed by atoms with Crippen molar-refractivity contribution in [2.24, 2.45) is 13.0 Å². The van der Waals surface area contributed by atoms with Gasteiger partial charge in [-0.25, -0.2) is 4.79 Å². The molecule has 3 heterocycles. The largest absolute Gasteiger partial charge is 0.467 e. The molecule has 0 unspecified atom stereocenters. The number of ether oxygens (including phenoxy) is 5. The van der Waals surface area contributed by atoms with Crippen molar-refractivity contribution in [2.45, 2.75) is 71.2 Å². The van der Waals surface area contributed by atoms with Gasteiger partial charge in [-0.15, -0.1) is 0 Å². The minimum atomic E-state index is -1.51. The number of nitrogens with zero attached hydrogens (tertiary/aromatic N) is 2. The molecule has 2 aliphatic heterocycles. The maximum absolute atomic E-state index is 13.0. The number of methoxy groups -OCH3 is 1. The van der Waals surface area contributed by atoms with Gasteiger partial charge < -0.3 is 38.8 Å². The van der Waals surface area contributed by atoms with Crippen molar-refractivity contribution in [3.63, 3.8) is 0 Å². The highest BCUT2D eigenvalue weighted by Gasteiger charge is 2.56. The Morgan fingerprint density at radius 2 is 1.67 bits per heavy atom. The van der Waals surface area contributed by atoms with Gasteiger partial charge in [-0.1, -0.05) is 6.07 Å². The van der Waals surface area contributed by atoms with Crippen LogP contribution in [0.3, 0.4) is 0 Å². The summed E-state index contributed by atoms with van der Waals surface area (Å²) in [6, 6.07) is 9.39. The maximum atomic E-state index is 13.0. The first-order chi connectivity index (χ1) is 19.7. The fourth-order valence-electron chi connectivity index (χ4n) is 5.55. The number of hydrogen-bond donors (Lipinski definition) is 1. The first kappa shape index (κ1) is 31.0. The molecular formula is C29H35N3O9S. The molecule has 0 aliphatic carbocycles. The summed E-state index contributed by atoms with van der Waals surface area (Å²) in [6.07, 6.45) is -5.48. The highest BCUT2D eigenvalue weighted by atomic mass is 32.1. The Morgan fingerprint density at radius 3 is 2.21 bits per heavy atom. The van der Waals surface area contributed by atoms with Gasteiger partial charge in [0.05, 0.1) is 18.7 Å². The minimum Gasteiger partial charge on any atom is -0.467 e. The lowest BCUT2D eigenvalue weighted by molar-refractivity contribution is -0.230. The third kappa shape index (κ3) is 5.84. The third-order valence-corrected chi connectivity index (χ3v) is 7.69. The molecule has 2 N–H and O–H groups in total. The van der Waals surface area contributed by atoms with Gasteiger partial charge in [-0.05, 0) is 62.8 Å². The molecule has 12 nitrogen and oxygen atoms in total. The summed E-state index contributed by atoms with van der Waals surface area (Å²) in [7, 11) is 3.01. The van der Waals surface area contributed by atoms with E-state index in [2.05, 4.69) is 0 Å². The Hall–Kier alpha value is -3.97. The van der Waals surface area contributed by atoms with Gasteiger partial charge >= 0.3 is 17.9 Å².